The van der Waals surface area contributed by atoms with Crippen molar-refractivity contribution in [3.63, 3.8) is 0 Å². The van der Waals surface area contributed by atoms with Crippen molar-refractivity contribution in [1.82, 2.24) is 4.90 Å². The minimum absolute atomic E-state index is 0.0766. The molecule has 0 N–H and O–H groups in total. The number of hydrogen-bond acceptors (Lipinski definition) is 3. The molecule has 90 valence electrons. The highest BCUT2D eigenvalue weighted by Gasteiger charge is 2.33. The Morgan fingerprint density at radius 2 is 2.19 bits per heavy atom. The molecule has 0 aromatic heterocycles. The summed E-state index contributed by atoms with van der Waals surface area (Å²) in [6, 6.07) is -0.390. The predicted molar refractivity (Wildman–Crippen MR) is 60.8 cm³/mol. The van der Waals surface area contributed by atoms with Gasteiger partial charge in [0, 0.05) is 12.6 Å². The lowest BCUT2D eigenvalue weighted by Crippen LogP contribution is -2.40. The van der Waals surface area contributed by atoms with Gasteiger partial charge in [0.15, 0.2) is 0 Å². The summed E-state index contributed by atoms with van der Waals surface area (Å²) in [6.07, 6.45) is 4.03. The molecule has 0 radical (unpaired) electrons. The van der Waals surface area contributed by atoms with Crippen LogP contribution in [0.15, 0.2) is 11.6 Å². The fraction of sp³-hybridized carbons (Fsp3) is 0.667. The van der Waals surface area contributed by atoms with E-state index in [1.54, 1.807) is 11.0 Å². The van der Waals surface area contributed by atoms with E-state index in [1.807, 2.05) is 13.8 Å². The first-order valence-electron chi connectivity index (χ1n) is 5.65. The molecular formula is C12H19NO3. The van der Waals surface area contributed by atoms with E-state index in [9.17, 15) is 9.59 Å². The van der Waals surface area contributed by atoms with Crippen molar-refractivity contribution in [3.8, 4) is 0 Å². The number of carbonyl (C=O) groups is 2. The lowest BCUT2D eigenvalue weighted by atomic mass is 10.2. The largest absolute Gasteiger partial charge is 0.467 e. The van der Waals surface area contributed by atoms with Gasteiger partial charge < -0.3 is 9.64 Å². The highest BCUT2D eigenvalue weighted by Crippen LogP contribution is 2.19. The van der Waals surface area contributed by atoms with Crippen LogP contribution in [0.3, 0.4) is 0 Å². The average Bonchev–Trinajstić information content (AvgIpc) is 2.76. The molecule has 16 heavy (non-hydrogen) atoms. The molecule has 1 amide bonds. The van der Waals surface area contributed by atoms with E-state index in [4.69, 9.17) is 4.74 Å². The molecule has 1 unspecified atom stereocenters. The third kappa shape index (κ3) is 2.84. The van der Waals surface area contributed by atoms with Gasteiger partial charge in [0.05, 0.1) is 7.11 Å². The summed E-state index contributed by atoms with van der Waals surface area (Å²) in [4.78, 5) is 24.9. The number of ether oxygens (including phenoxy) is 1. The third-order valence-corrected chi connectivity index (χ3v) is 2.94. The Balaban J connectivity index is 2.72. The fourth-order valence-electron chi connectivity index (χ4n) is 1.81. The van der Waals surface area contributed by atoms with E-state index in [2.05, 4.69) is 0 Å². The predicted octanol–water partition coefficient (Wildman–Crippen LogP) is 1.51. The van der Waals surface area contributed by atoms with E-state index in [0.29, 0.717) is 13.0 Å². The minimum Gasteiger partial charge on any atom is -0.467 e. The van der Waals surface area contributed by atoms with Crippen LogP contribution in [-0.2, 0) is 14.3 Å². The smallest absolute Gasteiger partial charge is 0.328 e. The summed E-state index contributed by atoms with van der Waals surface area (Å²) < 4.78 is 4.69. The van der Waals surface area contributed by atoms with Crippen LogP contribution >= 0.6 is 0 Å². The Morgan fingerprint density at radius 1 is 1.50 bits per heavy atom. The summed E-state index contributed by atoms with van der Waals surface area (Å²) in [5.74, 6) is -0.388. The van der Waals surface area contributed by atoms with Gasteiger partial charge in [-0.25, -0.2) is 4.79 Å². The maximum absolute atomic E-state index is 11.9. The van der Waals surface area contributed by atoms with Crippen molar-refractivity contribution in [3.05, 3.63) is 11.6 Å². The number of nitrogens with zero attached hydrogens (tertiary/aromatic N) is 1. The SMILES string of the molecule is CC/C(C)=C/C(=O)N1CCCC1C(=O)OC. The Bertz CT molecular complexity index is 309. The van der Waals surface area contributed by atoms with Crippen molar-refractivity contribution in [2.75, 3.05) is 13.7 Å². The van der Waals surface area contributed by atoms with Crippen LogP contribution in [0.2, 0.25) is 0 Å². The Hall–Kier alpha value is -1.32. The van der Waals surface area contributed by atoms with E-state index in [0.717, 1.165) is 18.4 Å². The topological polar surface area (TPSA) is 46.6 Å². The molecular weight excluding hydrogens is 206 g/mol. The zero-order valence-electron chi connectivity index (χ0n) is 10.2. The Kier molecular flexibility index (Phi) is 4.52. The highest BCUT2D eigenvalue weighted by molar-refractivity contribution is 5.92. The molecule has 4 nitrogen and oxygen atoms in total. The molecule has 1 aliphatic heterocycles. The molecule has 1 fully saturated rings. The van der Waals surface area contributed by atoms with Crippen LogP contribution in [0, 0.1) is 0 Å². The molecule has 1 rings (SSSR count). The van der Waals surface area contributed by atoms with E-state index >= 15 is 0 Å². The molecule has 0 aromatic carbocycles. The Labute approximate surface area is 96.3 Å². The van der Waals surface area contributed by atoms with Gasteiger partial charge in [0.25, 0.3) is 0 Å². The van der Waals surface area contributed by atoms with Crippen molar-refractivity contribution in [2.45, 2.75) is 39.2 Å². The normalized spacial score (nSPS) is 21.1. The minimum atomic E-state index is -0.390. The van der Waals surface area contributed by atoms with Crippen molar-refractivity contribution in [1.29, 1.82) is 0 Å². The highest BCUT2D eigenvalue weighted by atomic mass is 16.5. The van der Waals surface area contributed by atoms with E-state index in [1.165, 1.54) is 7.11 Å². The number of amides is 1. The summed E-state index contributed by atoms with van der Waals surface area (Å²) in [5.41, 5.74) is 1.03. The van der Waals surface area contributed by atoms with Gasteiger partial charge in [-0.15, -0.1) is 0 Å². The van der Waals surface area contributed by atoms with Crippen LogP contribution < -0.4 is 0 Å². The second-order valence-corrected chi connectivity index (χ2v) is 4.06. The monoisotopic (exact) mass is 225 g/mol. The van der Waals surface area contributed by atoms with Crippen LogP contribution in [0.25, 0.3) is 0 Å². The van der Waals surface area contributed by atoms with Crippen molar-refractivity contribution in [2.24, 2.45) is 0 Å². The van der Waals surface area contributed by atoms with E-state index < -0.39 is 6.04 Å². The van der Waals surface area contributed by atoms with Gasteiger partial charge in [-0.2, -0.15) is 0 Å². The number of hydrogen-bond donors (Lipinski definition) is 0. The van der Waals surface area contributed by atoms with Crippen LogP contribution in [-0.4, -0.2) is 36.5 Å². The zero-order chi connectivity index (χ0) is 12.1. The lowest BCUT2D eigenvalue weighted by Gasteiger charge is -2.21. The molecule has 0 aromatic rings. The summed E-state index contributed by atoms with van der Waals surface area (Å²) in [5, 5.41) is 0. The Morgan fingerprint density at radius 3 is 2.75 bits per heavy atom. The maximum atomic E-state index is 11.9. The summed E-state index contributed by atoms with van der Waals surface area (Å²) in [6.45, 7) is 4.56. The molecule has 1 heterocycles. The molecule has 0 saturated carbocycles. The van der Waals surface area contributed by atoms with Crippen molar-refractivity contribution < 1.29 is 14.3 Å². The molecule has 1 aliphatic rings. The van der Waals surface area contributed by atoms with Crippen LogP contribution in [0.5, 0.6) is 0 Å². The first-order chi connectivity index (χ1) is 7.60. The molecule has 1 saturated heterocycles. The van der Waals surface area contributed by atoms with Gasteiger partial charge >= 0.3 is 5.97 Å². The lowest BCUT2D eigenvalue weighted by molar-refractivity contribution is -0.149. The van der Waals surface area contributed by atoms with Crippen LogP contribution in [0.1, 0.15) is 33.1 Å². The number of allylic oxidation sites excluding steroid dienone is 1. The second kappa shape index (κ2) is 5.68. The molecule has 0 bridgehead atoms. The van der Waals surface area contributed by atoms with Gasteiger partial charge in [-0.3, -0.25) is 4.79 Å². The number of methoxy groups -OCH3 is 1. The molecule has 1 atom stereocenters. The fourth-order valence-corrected chi connectivity index (χ4v) is 1.81. The molecule has 0 aliphatic carbocycles. The van der Waals surface area contributed by atoms with Gasteiger partial charge in [-0.05, 0) is 26.2 Å². The molecule has 0 spiro atoms. The zero-order valence-corrected chi connectivity index (χ0v) is 10.2. The maximum Gasteiger partial charge on any atom is 0.328 e. The number of carbonyl (C=O) groups excluding carboxylic acids is 2. The van der Waals surface area contributed by atoms with Gasteiger partial charge in [0.1, 0.15) is 6.04 Å². The first kappa shape index (κ1) is 12.7. The average molecular weight is 225 g/mol. The molecule has 4 heteroatoms. The number of rotatable bonds is 3. The van der Waals surface area contributed by atoms with E-state index in [-0.39, 0.29) is 11.9 Å². The van der Waals surface area contributed by atoms with Crippen LogP contribution in [0.4, 0.5) is 0 Å². The van der Waals surface area contributed by atoms with Crippen molar-refractivity contribution >= 4 is 11.9 Å². The summed E-state index contributed by atoms with van der Waals surface area (Å²) in [7, 11) is 1.36. The third-order valence-electron chi connectivity index (χ3n) is 2.94. The number of esters is 1. The first-order valence-corrected chi connectivity index (χ1v) is 5.65. The quantitative estimate of drug-likeness (QED) is 0.540. The van der Waals surface area contributed by atoms with Gasteiger partial charge in [0.2, 0.25) is 5.91 Å². The second-order valence-electron chi connectivity index (χ2n) is 4.06. The number of likely N-dealkylation sites (tertiary alicyclic amines) is 1. The van der Waals surface area contributed by atoms with Gasteiger partial charge in [-0.1, -0.05) is 12.5 Å². The summed E-state index contributed by atoms with van der Waals surface area (Å²) >= 11 is 0. The standard InChI is InChI=1S/C12H19NO3/c1-4-9(2)8-11(14)13-7-5-6-10(13)12(15)16-3/h8,10H,4-7H2,1-3H3/b9-8+.